The zero-order valence-electron chi connectivity index (χ0n) is 22.1. The summed E-state index contributed by atoms with van der Waals surface area (Å²) in [5, 5.41) is 5.54. The first kappa shape index (κ1) is 27.2. The van der Waals surface area contributed by atoms with E-state index in [1.165, 1.54) is 10.5 Å². The molecule has 0 atom stereocenters. The Morgan fingerprint density at radius 1 is 1.03 bits per heavy atom. The topological polar surface area (TPSA) is 81.8 Å². The summed E-state index contributed by atoms with van der Waals surface area (Å²) >= 11 is 1.78. The minimum absolute atomic E-state index is 0.0710. The maximum absolute atomic E-state index is 12.6. The lowest BCUT2D eigenvalue weighted by atomic mass is 9.96. The molecule has 2 aromatic rings. The zero-order valence-corrected chi connectivity index (χ0v) is 22.9. The maximum Gasteiger partial charge on any atom is 0.313 e. The first-order valence-electron chi connectivity index (χ1n) is 13.2. The lowest BCUT2D eigenvalue weighted by Gasteiger charge is -2.32. The van der Waals surface area contributed by atoms with E-state index in [9.17, 15) is 14.4 Å². The molecule has 2 aliphatic rings. The number of hydrogen-bond donors (Lipinski definition) is 2. The highest BCUT2D eigenvalue weighted by Gasteiger charge is 2.26. The summed E-state index contributed by atoms with van der Waals surface area (Å²) in [5.74, 6) is -0.967. The van der Waals surface area contributed by atoms with Gasteiger partial charge in [-0.05, 0) is 80.3 Å². The van der Waals surface area contributed by atoms with E-state index in [4.69, 9.17) is 0 Å². The number of nitrogens with zero attached hydrogens (tertiary/aromatic N) is 2. The van der Waals surface area contributed by atoms with E-state index in [2.05, 4.69) is 46.1 Å². The van der Waals surface area contributed by atoms with Crippen molar-refractivity contribution in [1.29, 1.82) is 0 Å². The van der Waals surface area contributed by atoms with E-state index >= 15 is 0 Å². The number of fused-ring (bicyclic) bond motifs is 1. The van der Waals surface area contributed by atoms with Crippen LogP contribution in [0, 0.1) is 11.8 Å². The van der Waals surface area contributed by atoms with Gasteiger partial charge in [-0.15, -0.1) is 11.8 Å². The number of carbonyl (C=O) groups is 3. The normalized spacial score (nSPS) is 16.4. The number of rotatable bonds is 7. The number of piperidine rings is 1. The van der Waals surface area contributed by atoms with Crippen molar-refractivity contribution in [3.05, 3.63) is 53.6 Å². The zero-order chi connectivity index (χ0) is 26.4. The minimum Gasteiger partial charge on any atom is -0.348 e. The number of carbonyl (C=O) groups excluding carboxylic acids is 3. The van der Waals surface area contributed by atoms with Gasteiger partial charge in [-0.25, -0.2) is 0 Å². The number of aryl methyl sites for hydroxylation is 1. The third-order valence-corrected chi connectivity index (χ3v) is 8.11. The van der Waals surface area contributed by atoms with Gasteiger partial charge in [-0.3, -0.25) is 19.3 Å². The fraction of sp³-hybridized carbons (Fsp3) is 0.483. The first-order valence-corrected chi connectivity index (χ1v) is 14.5. The van der Waals surface area contributed by atoms with Gasteiger partial charge in [0.1, 0.15) is 0 Å². The van der Waals surface area contributed by atoms with Crippen LogP contribution < -0.4 is 15.5 Å². The molecular weight excluding hydrogens is 484 g/mol. The summed E-state index contributed by atoms with van der Waals surface area (Å²) in [7, 11) is 0. The van der Waals surface area contributed by atoms with Crippen molar-refractivity contribution in [2.24, 2.45) is 11.8 Å². The van der Waals surface area contributed by atoms with Gasteiger partial charge in [0, 0.05) is 41.8 Å². The van der Waals surface area contributed by atoms with Crippen LogP contribution in [-0.4, -0.2) is 55.1 Å². The molecule has 0 spiro atoms. The number of nitrogens with one attached hydrogen (secondary N) is 2. The van der Waals surface area contributed by atoms with Crippen molar-refractivity contribution in [2.75, 3.05) is 42.7 Å². The molecule has 0 unspecified atom stereocenters. The number of benzene rings is 2. The molecule has 4 rings (SSSR count). The van der Waals surface area contributed by atoms with Gasteiger partial charge in [-0.2, -0.15) is 0 Å². The van der Waals surface area contributed by atoms with Gasteiger partial charge in [0.2, 0.25) is 5.91 Å². The van der Waals surface area contributed by atoms with Crippen LogP contribution in [0.1, 0.15) is 44.2 Å². The van der Waals surface area contributed by atoms with Crippen LogP contribution in [0.15, 0.2) is 47.4 Å². The highest BCUT2D eigenvalue weighted by molar-refractivity contribution is 7.98. The van der Waals surface area contributed by atoms with E-state index in [0.717, 1.165) is 56.6 Å². The molecule has 0 bridgehead atoms. The Labute approximate surface area is 224 Å². The standard InChI is InChI=1S/C29H38N4O3S/c1-20(2)29(36)33-14-6-8-22-10-11-24(17-25(22)33)31-28(35)27(34)30-18-21-12-15-32(16-13-21)19-23-7-4-5-9-26(23)37-3/h4-5,7,9-11,17,20-21H,6,8,12-16,18-19H2,1-3H3,(H,30,34)(H,31,35). The first-order chi connectivity index (χ1) is 17.9. The van der Waals surface area contributed by atoms with Gasteiger partial charge in [0.25, 0.3) is 0 Å². The molecule has 2 N–H and O–H groups in total. The number of likely N-dealkylation sites (tertiary alicyclic amines) is 1. The molecule has 1 fully saturated rings. The van der Waals surface area contributed by atoms with E-state index in [1.54, 1.807) is 22.7 Å². The largest absolute Gasteiger partial charge is 0.348 e. The molecule has 1 saturated heterocycles. The lowest BCUT2D eigenvalue weighted by molar-refractivity contribution is -0.136. The van der Waals surface area contributed by atoms with Crippen LogP contribution >= 0.6 is 11.8 Å². The van der Waals surface area contributed by atoms with Crippen LogP contribution in [0.4, 0.5) is 11.4 Å². The van der Waals surface area contributed by atoms with Gasteiger partial charge < -0.3 is 15.5 Å². The summed E-state index contributed by atoms with van der Waals surface area (Å²) in [6, 6.07) is 14.1. The predicted octanol–water partition coefficient (Wildman–Crippen LogP) is 4.31. The van der Waals surface area contributed by atoms with Gasteiger partial charge >= 0.3 is 11.8 Å². The Morgan fingerprint density at radius 3 is 2.51 bits per heavy atom. The molecule has 0 aliphatic carbocycles. The number of thioether (sulfide) groups is 1. The number of amides is 3. The second kappa shape index (κ2) is 12.6. The van der Waals surface area contributed by atoms with Crippen molar-refractivity contribution in [2.45, 2.75) is 51.0 Å². The van der Waals surface area contributed by atoms with Crippen molar-refractivity contribution >= 4 is 40.9 Å². The molecule has 3 amide bonds. The average Bonchev–Trinajstić information content (AvgIpc) is 2.92. The summed E-state index contributed by atoms with van der Waals surface area (Å²) in [4.78, 5) is 43.3. The molecule has 8 heteroatoms. The summed E-state index contributed by atoms with van der Waals surface area (Å²) in [5.41, 5.74) is 3.81. The second-order valence-electron chi connectivity index (χ2n) is 10.3. The van der Waals surface area contributed by atoms with E-state index in [-0.39, 0.29) is 11.8 Å². The molecule has 7 nitrogen and oxygen atoms in total. The highest BCUT2D eigenvalue weighted by Crippen LogP contribution is 2.31. The fourth-order valence-corrected chi connectivity index (χ4v) is 5.73. The van der Waals surface area contributed by atoms with Crippen LogP contribution in [0.3, 0.4) is 0 Å². The Morgan fingerprint density at radius 2 is 1.78 bits per heavy atom. The molecule has 198 valence electrons. The van der Waals surface area contributed by atoms with Crippen LogP contribution in [0.25, 0.3) is 0 Å². The molecule has 2 aliphatic heterocycles. The molecule has 0 radical (unpaired) electrons. The number of anilines is 2. The summed E-state index contributed by atoms with van der Waals surface area (Å²) in [6.07, 6.45) is 5.91. The summed E-state index contributed by atoms with van der Waals surface area (Å²) < 4.78 is 0. The van der Waals surface area contributed by atoms with Crippen LogP contribution in [0.2, 0.25) is 0 Å². The third-order valence-electron chi connectivity index (χ3n) is 7.27. The lowest BCUT2D eigenvalue weighted by Crippen LogP contribution is -2.41. The maximum atomic E-state index is 12.6. The molecule has 37 heavy (non-hydrogen) atoms. The SMILES string of the molecule is CSc1ccccc1CN1CCC(CNC(=O)C(=O)Nc2ccc3c(c2)N(C(=O)C(C)C)CCC3)CC1. The van der Waals surface area contributed by atoms with Gasteiger partial charge in [-0.1, -0.05) is 38.1 Å². The number of hydrogen-bond acceptors (Lipinski definition) is 5. The Hall–Kier alpha value is -2.84. The van der Waals surface area contributed by atoms with E-state index < -0.39 is 11.8 Å². The molecule has 0 saturated carbocycles. The predicted molar refractivity (Wildman–Crippen MR) is 150 cm³/mol. The highest BCUT2D eigenvalue weighted by atomic mass is 32.2. The van der Waals surface area contributed by atoms with E-state index in [1.807, 2.05) is 26.0 Å². The third kappa shape index (κ3) is 6.93. The monoisotopic (exact) mass is 522 g/mol. The van der Waals surface area contributed by atoms with Gasteiger partial charge in [0.15, 0.2) is 0 Å². The molecule has 2 aromatic carbocycles. The molecule has 0 aromatic heterocycles. The van der Waals surface area contributed by atoms with Crippen LogP contribution in [-0.2, 0) is 27.3 Å². The Kier molecular flexibility index (Phi) is 9.27. The second-order valence-corrected chi connectivity index (χ2v) is 11.1. The molecule has 2 heterocycles. The van der Waals surface area contributed by atoms with Crippen molar-refractivity contribution in [1.82, 2.24) is 10.2 Å². The average molecular weight is 523 g/mol. The molecular formula is C29H38N4O3S. The smallest absolute Gasteiger partial charge is 0.313 e. The van der Waals surface area contributed by atoms with Crippen molar-refractivity contribution in [3.63, 3.8) is 0 Å². The Bertz CT molecular complexity index is 1130. The Balaban J connectivity index is 1.25. The summed E-state index contributed by atoms with van der Waals surface area (Å²) in [6.45, 7) is 7.86. The minimum atomic E-state index is -0.677. The van der Waals surface area contributed by atoms with E-state index in [0.29, 0.717) is 24.7 Å². The van der Waals surface area contributed by atoms with Gasteiger partial charge in [0.05, 0.1) is 0 Å². The van der Waals surface area contributed by atoms with Crippen LogP contribution in [0.5, 0.6) is 0 Å². The van der Waals surface area contributed by atoms with Crippen molar-refractivity contribution < 1.29 is 14.4 Å². The fourth-order valence-electron chi connectivity index (χ4n) is 5.12. The van der Waals surface area contributed by atoms with Crippen molar-refractivity contribution in [3.8, 4) is 0 Å². The quantitative estimate of drug-likeness (QED) is 0.418.